The maximum absolute atomic E-state index is 9.37. The molecule has 0 amide bonds. The molecule has 1 N–H and O–H groups in total. The number of carboxylic acid groups (broad SMARTS) is 1. The van der Waals surface area contributed by atoms with E-state index in [2.05, 4.69) is 9.47 Å². The van der Waals surface area contributed by atoms with Gasteiger partial charge in [0.1, 0.15) is 25.0 Å². The van der Waals surface area contributed by atoms with E-state index in [4.69, 9.17) is 5.11 Å². The molecule has 62 valence electrons. The third-order valence-corrected chi connectivity index (χ3v) is 0.728. The molecule has 11 heavy (non-hydrogen) atoms. The Labute approximate surface area is 64.7 Å². The van der Waals surface area contributed by atoms with Gasteiger partial charge in [-0.1, -0.05) is 6.92 Å². The fourth-order valence-corrected chi connectivity index (χ4v) is 0.219. The molecule has 0 aromatic carbocycles. The maximum atomic E-state index is 9.37. The average Bonchev–Trinajstić information content (AvgIpc) is 2.09. The largest absolute Gasteiger partial charge is 0.481 e. The van der Waals surface area contributed by atoms with Crippen molar-refractivity contribution < 1.29 is 19.4 Å². The molecule has 0 saturated carbocycles. The van der Waals surface area contributed by atoms with Crippen LogP contribution in [0.2, 0.25) is 0 Å². The van der Waals surface area contributed by atoms with Crippen molar-refractivity contribution in [1.82, 2.24) is 0 Å². The zero-order chi connectivity index (χ0) is 8.53. The Hall–Kier alpha value is -1.45. The van der Waals surface area contributed by atoms with Crippen LogP contribution in [-0.4, -0.2) is 11.1 Å². The van der Waals surface area contributed by atoms with Crippen LogP contribution >= 0.6 is 0 Å². The van der Waals surface area contributed by atoms with Crippen LogP contribution in [0.4, 0.5) is 0 Å². The second-order valence-corrected chi connectivity index (χ2v) is 1.56. The lowest BCUT2D eigenvalue weighted by Gasteiger charge is -1.94. The lowest BCUT2D eigenvalue weighted by Crippen LogP contribution is -1.86. The molecule has 0 aromatic heterocycles. The smallest absolute Gasteiger partial charge is 0.303 e. The highest BCUT2D eigenvalue weighted by atomic mass is 16.5. The van der Waals surface area contributed by atoms with E-state index in [9.17, 15) is 4.79 Å². The van der Waals surface area contributed by atoms with Crippen LogP contribution in [0.5, 0.6) is 0 Å². The standard InChI is InChI=1S/C4H4O2.C3H6O2/c1-2-6-4-3-5-1;1-2-3(4)5/h1-4H;2H2,1H3,(H,4,5). The van der Waals surface area contributed by atoms with E-state index >= 15 is 0 Å². The molecule has 1 aliphatic rings. The summed E-state index contributed by atoms with van der Waals surface area (Å²) in [5.41, 5.74) is 0. The highest BCUT2D eigenvalue weighted by Gasteiger charge is 1.80. The normalized spacial score (nSPS) is 12.1. The highest BCUT2D eigenvalue weighted by molar-refractivity contribution is 5.66. The number of hydrogen-bond donors (Lipinski definition) is 1. The monoisotopic (exact) mass is 158 g/mol. The molecule has 1 aliphatic heterocycles. The van der Waals surface area contributed by atoms with E-state index in [0.717, 1.165) is 0 Å². The molecule has 0 aliphatic carbocycles. The van der Waals surface area contributed by atoms with Crippen LogP contribution < -0.4 is 0 Å². The van der Waals surface area contributed by atoms with E-state index in [1.54, 1.807) is 6.92 Å². The van der Waals surface area contributed by atoms with E-state index in [0.29, 0.717) is 0 Å². The number of ether oxygens (including phenoxy) is 2. The van der Waals surface area contributed by atoms with Crippen molar-refractivity contribution in [2.45, 2.75) is 13.3 Å². The minimum absolute atomic E-state index is 0.222. The van der Waals surface area contributed by atoms with Crippen LogP contribution in [-0.2, 0) is 14.3 Å². The summed E-state index contributed by atoms with van der Waals surface area (Å²) in [6, 6.07) is 0. The van der Waals surface area contributed by atoms with Crippen LogP contribution in [0.1, 0.15) is 13.3 Å². The van der Waals surface area contributed by atoms with Crippen LogP contribution in [0, 0.1) is 0 Å². The number of carboxylic acids is 1. The van der Waals surface area contributed by atoms with Gasteiger partial charge in [0.25, 0.3) is 0 Å². The number of hydrogen-bond acceptors (Lipinski definition) is 3. The van der Waals surface area contributed by atoms with Gasteiger partial charge in [0.05, 0.1) is 0 Å². The Morgan fingerprint density at radius 2 is 1.55 bits per heavy atom. The second-order valence-electron chi connectivity index (χ2n) is 1.56. The molecule has 1 rings (SSSR count). The number of carbonyl (C=O) groups is 1. The predicted octanol–water partition coefficient (Wildman–Crippen LogP) is 1.46. The summed E-state index contributed by atoms with van der Waals surface area (Å²) in [5, 5.41) is 7.72. The minimum Gasteiger partial charge on any atom is -0.481 e. The van der Waals surface area contributed by atoms with Crippen LogP contribution in [0.15, 0.2) is 25.0 Å². The molecule has 4 nitrogen and oxygen atoms in total. The van der Waals surface area contributed by atoms with Gasteiger partial charge in [-0.05, 0) is 0 Å². The van der Waals surface area contributed by atoms with Gasteiger partial charge < -0.3 is 14.6 Å². The van der Waals surface area contributed by atoms with E-state index < -0.39 is 5.97 Å². The van der Waals surface area contributed by atoms with E-state index in [-0.39, 0.29) is 6.42 Å². The molecular formula is C7H10O4. The van der Waals surface area contributed by atoms with Crippen molar-refractivity contribution in [2.75, 3.05) is 0 Å². The van der Waals surface area contributed by atoms with Crippen molar-refractivity contribution in [1.29, 1.82) is 0 Å². The molecule has 0 spiro atoms. The van der Waals surface area contributed by atoms with E-state index in [1.165, 1.54) is 25.0 Å². The zero-order valence-corrected chi connectivity index (χ0v) is 6.19. The average molecular weight is 158 g/mol. The van der Waals surface area contributed by atoms with Gasteiger partial charge >= 0.3 is 5.97 Å². The lowest BCUT2D eigenvalue weighted by molar-refractivity contribution is -0.136. The lowest BCUT2D eigenvalue weighted by atomic mass is 10.5. The third kappa shape index (κ3) is 8.55. The molecular weight excluding hydrogens is 148 g/mol. The minimum atomic E-state index is -0.745. The van der Waals surface area contributed by atoms with Crippen molar-refractivity contribution >= 4 is 5.97 Å². The van der Waals surface area contributed by atoms with Gasteiger partial charge in [0.2, 0.25) is 0 Å². The summed E-state index contributed by atoms with van der Waals surface area (Å²) >= 11 is 0. The Balaban J connectivity index is 0.000000187. The topological polar surface area (TPSA) is 55.8 Å². The molecule has 0 radical (unpaired) electrons. The van der Waals surface area contributed by atoms with Crippen LogP contribution in [0.25, 0.3) is 0 Å². The van der Waals surface area contributed by atoms with Crippen molar-refractivity contribution in [3.05, 3.63) is 25.0 Å². The Kier molecular flexibility index (Phi) is 5.79. The summed E-state index contributed by atoms with van der Waals surface area (Å²) in [6.07, 6.45) is 6.06. The van der Waals surface area contributed by atoms with E-state index in [1.807, 2.05) is 0 Å². The Morgan fingerprint density at radius 3 is 1.64 bits per heavy atom. The molecule has 0 saturated heterocycles. The summed E-state index contributed by atoms with van der Waals surface area (Å²) in [4.78, 5) is 9.37. The zero-order valence-electron chi connectivity index (χ0n) is 6.19. The van der Waals surface area contributed by atoms with Gasteiger partial charge in [-0.2, -0.15) is 0 Å². The number of rotatable bonds is 1. The van der Waals surface area contributed by atoms with Gasteiger partial charge in [-0.15, -0.1) is 0 Å². The second kappa shape index (κ2) is 6.67. The predicted molar refractivity (Wildman–Crippen MR) is 38.4 cm³/mol. The highest BCUT2D eigenvalue weighted by Crippen LogP contribution is 1.89. The number of aliphatic carboxylic acids is 1. The van der Waals surface area contributed by atoms with Gasteiger partial charge in [0.15, 0.2) is 0 Å². The first-order valence-electron chi connectivity index (χ1n) is 3.10. The molecule has 0 fully saturated rings. The first-order valence-corrected chi connectivity index (χ1v) is 3.10. The fourth-order valence-electron chi connectivity index (χ4n) is 0.219. The molecule has 0 atom stereocenters. The first kappa shape index (κ1) is 9.55. The molecule has 0 bridgehead atoms. The summed E-state index contributed by atoms with van der Waals surface area (Å²) in [7, 11) is 0. The van der Waals surface area contributed by atoms with Gasteiger partial charge in [-0.3, -0.25) is 4.79 Å². The fraction of sp³-hybridized carbons (Fsp3) is 0.286. The van der Waals surface area contributed by atoms with Crippen LogP contribution in [0.3, 0.4) is 0 Å². The molecule has 0 unspecified atom stereocenters. The SMILES string of the molecule is C1=COC=CO1.CCC(=O)O. The molecule has 1 heterocycles. The third-order valence-electron chi connectivity index (χ3n) is 0.728. The molecule has 0 aromatic rings. The van der Waals surface area contributed by atoms with Crippen molar-refractivity contribution in [3.8, 4) is 0 Å². The van der Waals surface area contributed by atoms with Crippen molar-refractivity contribution in [2.24, 2.45) is 0 Å². The van der Waals surface area contributed by atoms with Crippen molar-refractivity contribution in [3.63, 3.8) is 0 Å². The van der Waals surface area contributed by atoms with Gasteiger partial charge in [-0.25, -0.2) is 0 Å². The summed E-state index contributed by atoms with van der Waals surface area (Å²) in [5.74, 6) is -0.745. The first-order chi connectivity index (χ1) is 5.27. The Bertz CT molecular complexity index is 140. The van der Waals surface area contributed by atoms with Gasteiger partial charge in [0, 0.05) is 6.42 Å². The maximum Gasteiger partial charge on any atom is 0.303 e. The summed E-state index contributed by atoms with van der Waals surface area (Å²) in [6.45, 7) is 1.60. The quantitative estimate of drug-likeness (QED) is 0.627. The Morgan fingerprint density at radius 1 is 1.27 bits per heavy atom. The molecule has 4 heteroatoms. The summed E-state index contributed by atoms with van der Waals surface area (Å²) < 4.78 is 9.17.